The summed E-state index contributed by atoms with van der Waals surface area (Å²) in [5, 5.41) is 0.609. The summed E-state index contributed by atoms with van der Waals surface area (Å²) in [6.45, 7) is 6.90. The molecule has 1 aliphatic rings. The Morgan fingerprint density at radius 2 is 2.20 bits per heavy atom. The zero-order valence-corrected chi connectivity index (χ0v) is 13.5. The van der Waals surface area contributed by atoms with Gasteiger partial charge in [0.1, 0.15) is 0 Å². The zero-order chi connectivity index (χ0) is 14.9. The average molecular weight is 316 g/mol. The molecule has 0 aromatic heterocycles. The summed E-state index contributed by atoms with van der Waals surface area (Å²) in [6.07, 6.45) is -0.134. The van der Waals surface area contributed by atoms with Gasteiger partial charge in [-0.3, -0.25) is 4.79 Å². The van der Waals surface area contributed by atoms with Crippen LogP contribution in [0.2, 0.25) is 5.02 Å². The number of ether oxygens (including phenoxy) is 1. The van der Waals surface area contributed by atoms with Gasteiger partial charge < -0.3 is 9.64 Å². The lowest BCUT2D eigenvalue weighted by molar-refractivity contribution is -0.117. The zero-order valence-electron chi connectivity index (χ0n) is 12.0. The molecule has 0 bridgehead atoms. The normalized spacial score (nSPS) is 21.9. The molecule has 3 nitrogen and oxygen atoms in total. The van der Waals surface area contributed by atoms with Gasteiger partial charge in [-0.15, -0.1) is 11.6 Å². The van der Waals surface area contributed by atoms with Gasteiger partial charge in [0.2, 0.25) is 0 Å². The summed E-state index contributed by atoms with van der Waals surface area (Å²) in [7, 11) is 0. The Bertz CT molecular complexity index is 517. The number of halogens is 2. The Morgan fingerprint density at radius 3 is 2.80 bits per heavy atom. The molecule has 1 heterocycles. The fraction of sp³-hybridized carbons (Fsp3) is 0.533. The Labute approximate surface area is 129 Å². The van der Waals surface area contributed by atoms with Gasteiger partial charge in [-0.25, -0.2) is 0 Å². The van der Waals surface area contributed by atoms with E-state index in [9.17, 15) is 4.79 Å². The second kappa shape index (κ2) is 5.92. The van der Waals surface area contributed by atoms with Crippen molar-refractivity contribution < 1.29 is 9.53 Å². The molecule has 1 amide bonds. The highest BCUT2D eigenvalue weighted by molar-refractivity contribution is 6.31. The van der Waals surface area contributed by atoms with E-state index in [4.69, 9.17) is 27.9 Å². The lowest BCUT2D eigenvalue weighted by Crippen LogP contribution is -2.55. The number of amides is 1. The van der Waals surface area contributed by atoms with Crippen molar-refractivity contribution in [3.05, 3.63) is 34.3 Å². The van der Waals surface area contributed by atoms with Gasteiger partial charge in [0.25, 0.3) is 5.91 Å². The van der Waals surface area contributed by atoms with Crippen molar-refractivity contribution in [2.75, 3.05) is 19.0 Å². The number of nitrogens with zero attached hydrogens (tertiary/aromatic N) is 1. The fourth-order valence-electron chi connectivity index (χ4n) is 2.44. The maximum atomic E-state index is 12.6. The molecule has 1 aliphatic heterocycles. The van der Waals surface area contributed by atoms with Crippen molar-refractivity contribution in [2.45, 2.75) is 32.5 Å². The Balaban J connectivity index is 2.21. The van der Waals surface area contributed by atoms with Gasteiger partial charge in [0.05, 0.1) is 17.6 Å². The maximum absolute atomic E-state index is 12.6. The number of hydrogen-bond donors (Lipinski definition) is 0. The largest absolute Gasteiger partial charge is 0.367 e. The van der Waals surface area contributed by atoms with E-state index in [0.29, 0.717) is 29.6 Å². The minimum Gasteiger partial charge on any atom is -0.367 e. The SMILES string of the molecule is Cc1ccc(C(=O)N2CC(CCl)OC(C)(C)C2)cc1Cl. The first-order valence-electron chi connectivity index (χ1n) is 6.61. The smallest absolute Gasteiger partial charge is 0.254 e. The molecule has 0 saturated carbocycles. The highest BCUT2D eigenvalue weighted by Gasteiger charge is 2.35. The third-order valence-electron chi connectivity index (χ3n) is 3.36. The molecule has 20 heavy (non-hydrogen) atoms. The van der Waals surface area contributed by atoms with Crippen molar-refractivity contribution in [1.29, 1.82) is 0 Å². The maximum Gasteiger partial charge on any atom is 0.254 e. The van der Waals surface area contributed by atoms with Crippen LogP contribution in [0.25, 0.3) is 0 Å². The van der Waals surface area contributed by atoms with Crippen LogP contribution < -0.4 is 0 Å². The quantitative estimate of drug-likeness (QED) is 0.782. The van der Waals surface area contributed by atoms with Crippen molar-refractivity contribution in [3.63, 3.8) is 0 Å². The van der Waals surface area contributed by atoms with Crippen LogP contribution in [-0.4, -0.2) is 41.5 Å². The first-order valence-corrected chi connectivity index (χ1v) is 7.53. The fourth-order valence-corrected chi connectivity index (χ4v) is 2.78. The van der Waals surface area contributed by atoms with Crippen molar-refractivity contribution in [2.24, 2.45) is 0 Å². The van der Waals surface area contributed by atoms with E-state index in [1.165, 1.54) is 0 Å². The van der Waals surface area contributed by atoms with E-state index in [1.54, 1.807) is 11.0 Å². The van der Waals surface area contributed by atoms with Crippen LogP contribution in [0.15, 0.2) is 18.2 Å². The standard InChI is InChI=1S/C15H19Cl2NO2/c1-10-4-5-11(6-13(10)17)14(19)18-8-12(7-16)20-15(2,3)9-18/h4-6,12H,7-9H2,1-3H3. The van der Waals surface area contributed by atoms with Crippen LogP contribution in [-0.2, 0) is 4.74 Å². The molecule has 0 N–H and O–H groups in total. The van der Waals surface area contributed by atoms with Crippen molar-refractivity contribution >= 4 is 29.1 Å². The molecule has 0 aliphatic carbocycles. The molecule has 5 heteroatoms. The Hall–Kier alpha value is -0.770. The highest BCUT2D eigenvalue weighted by atomic mass is 35.5. The summed E-state index contributed by atoms with van der Waals surface area (Å²) < 4.78 is 5.83. The third kappa shape index (κ3) is 3.46. The van der Waals surface area contributed by atoms with Crippen LogP contribution in [0.1, 0.15) is 29.8 Å². The van der Waals surface area contributed by atoms with Crippen LogP contribution in [0.4, 0.5) is 0 Å². The van der Waals surface area contributed by atoms with Gasteiger partial charge in [-0.05, 0) is 38.5 Å². The topological polar surface area (TPSA) is 29.5 Å². The lowest BCUT2D eigenvalue weighted by atomic mass is 10.0. The van der Waals surface area contributed by atoms with Gasteiger partial charge in [-0.2, -0.15) is 0 Å². The number of benzene rings is 1. The number of alkyl halides is 1. The summed E-state index contributed by atoms with van der Waals surface area (Å²) >= 11 is 12.0. The number of morpholine rings is 1. The summed E-state index contributed by atoms with van der Waals surface area (Å²) in [5.41, 5.74) is 1.18. The van der Waals surface area contributed by atoms with Crippen LogP contribution in [0.3, 0.4) is 0 Å². The van der Waals surface area contributed by atoms with Gasteiger partial charge in [0, 0.05) is 23.7 Å². The van der Waals surface area contributed by atoms with E-state index in [0.717, 1.165) is 5.56 Å². The lowest BCUT2D eigenvalue weighted by Gasteiger charge is -2.42. The van der Waals surface area contributed by atoms with Gasteiger partial charge in [-0.1, -0.05) is 17.7 Å². The van der Waals surface area contributed by atoms with Gasteiger partial charge in [0.15, 0.2) is 0 Å². The minimum absolute atomic E-state index is 0.0293. The molecule has 0 spiro atoms. The van der Waals surface area contributed by atoms with E-state index in [1.807, 2.05) is 32.9 Å². The molecule has 1 atom stereocenters. The average Bonchev–Trinajstić information content (AvgIpc) is 2.39. The number of aryl methyl sites for hydroxylation is 1. The minimum atomic E-state index is -0.387. The van der Waals surface area contributed by atoms with E-state index >= 15 is 0 Å². The summed E-state index contributed by atoms with van der Waals surface area (Å²) in [5.74, 6) is 0.348. The number of carbonyl (C=O) groups is 1. The second-order valence-electron chi connectivity index (χ2n) is 5.80. The highest BCUT2D eigenvalue weighted by Crippen LogP contribution is 2.24. The Kier molecular flexibility index (Phi) is 4.62. The predicted octanol–water partition coefficient (Wildman–Crippen LogP) is 3.51. The van der Waals surface area contributed by atoms with Crippen LogP contribution in [0, 0.1) is 6.92 Å². The molecule has 1 saturated heterocycles. The first kappa shape index (κ1) is 15.6. The molecule has 110 valence electrons. The van der Waals surface area contributed by atoms with E-state index < -0.39 is 0 Å². The summed E-state index contributed by atoms with van der Waals surface area (Å²) in [6, 6.07) is 5.39. The molecule has 1 aromatic carbocycles. The van der Waals surface area contributed by atoms with Crippen LogP contribution >= 0.6 is 23.2 Å². The number of carbonyl (C=O) groups excluding carboxylic acids is 1. The second-order valence-corrected chi connectivity index (χ2v) is 6.52. The molecule has 1 aromatic rings. The van der Waals surface area contributed by atoms with E-state index in [2.05, 4.69) is 0 Å². The summed E-state index contributed by atoms with van der Waals surface area (Å²) in [4.78, 5) is 14.4. The molecule has 1 unspecified atom stereocenters. The van der Waals surface area contributed by atoms with Crippen LogP contribution in [0.5, 0.6) is 0 Å². The number of rotatable bonds is 2. The van der Waals surface area contributed by atoms with Crippen molar-refractivity contribution in [1.82, 2.24) is 4.90 Å². The Morgan fingerprint density at radius 1 is 1.50 bits per heavy atom. The molecular weight excluding hydrogens is 297 g/mol. The molecule has 1 fully saturated rings. The van der Waals surface area contributed by atoms with Gasteiger partial charge >= 0.3 is 0 Å². The molecule has 2 rings (SSSR count). The molecular formula is C15H19Cl2NO2. The third-order valence-corrected chi connectivity index (χ3v) is 4.11. The molecule has 0 radical (unpaired) electrons. The van der Waals surface area contributed by atoms with Crippen molar-refractivity contribution in [3.8, 4) is 0 Å². The first-order chi connectivity index (χ1) is 9.32. The number of hydrogen-bond acceptors (Lipinski definition) is 2. The monoisotopic (exact) mass is 315 g/mol. The predicted molar refractivity (Wildman–Crippen MR) is 81.8 cm³/mol. The van der Waals surface area contributed by atoms with E-state index in [-0.39, 0.29) is 17.6 Å².